The fourth-order valence-corrected chi connectivity index (χ4v) is 10.0. The minimum Gasteiger partial charge on any atom is -0.459 e. The van der Waals surface area contributed by atoms with Crippen molar-refractivity contribution >= 4 is 17.7 Å². The summed E-state index contributed by atoms with van der Waals surface area (Å²) in [5.41, 5.74) is -5.79. The van der Waals surface area contributed by atoms with Gasteiger partial charge in [-0.3, -0.25) is 9.69 Å². The van der Waals surface area contributed by atoms with Crippen LogP contribution in [0.15, 0.2) is 18.7 Å². The Bertz CT molecular complexity index is 1670. The van der Waals surface area contributed by atoms with E-state index in [4.69, 9.17) is 28.4 Å². The number of aliphatic hydroxyl groups is 5. The second-order valence-corrected chi connectivity index (χ2v) is 19.8. The lowest BCUT2D eigenvalue weighted by Gasteiger charge is -2.53. The molecule has 0 bridgehead atoms. The number of anilines is 1. The van der Waals surface area contributed by atoms with Gasteiger partial charge in [-0.05, 0) is 93.2 Å². The van der Waals surface area contributed by atoms with E-state index in [2.05, 4.69) is 20.6 Å². The van der Waals surface area contributed by atoms with Gasteiger partial charge in [-0.2, -0.15) is 0 Å². The normalized spacial score (nSPS) is 42.6. The molecule has 0 radical (unpaired) electrons. The molecular weight excluding hydrogens is 845 g/mol. The number of aromatic nitrogens is 2. The highest BCUT2D eigenvalue weighted by atomic mass is 16.7. The fraction of sp³-hybridized carbons (Fsp3) is 0.870. The number of likely N-dealkylation sites (N-methyl/N-ethyl adjacent to an activating group) is 1. The summed E-state index contributed by atoms with van der Waals surface area (Å²) in [6.07, 6.45) is -4.18. The number of hydrogen-bond donors (Lipinski definition) is 7. The van der Waals surface area contributed by atoms with Crippen LogP contribution in [0.2, 0.25) is 0 Å². The highest BCUT2D eigenvalue weighted by Crippen LogP contribution is 2.43. The Morgan fingerprint density at radius 1 is 0.985 bits per heavy atom. The zero-order valence-corrected chi connectivity index (χ0v) is 41.3. The molecule has 65 heavy (non-hydrogen) atoms. The van der Waals surface area contributed by atoms with Crippen LogP contribution in [0.4, 0.5) is 10.5 Å². The van der Waals surface area contributed by atoms with Crippen molar-refractivity contribution < 1.29 is 63.5 Å². The minimum absolute atomic E-state index is 0.0394. The number of carbonyl (C=O) groups is 2. The molecule has 0 aliphatic carbocycles. The number of urea groups is 1. The quantitative estimate of drug-likeness (QED) is 0.117. The Labute approximate surface area is 386 Å². The maximum absolute atomic E-state index is 14.5. The van der Waals surface area contributed by atoms with Crippen molar-refractivity contribution in [1.29, 1.82) is 0 Å². The van der Waals surface area contributed by atoms with Crippen molar-refractivity contribution in [2.75, 3.05) is 45.7 Å². The van der Waals surface area contributed by atoms with E-state index in [1.54, 1.807) is 69.5 Å². The van der Waals surface area contributed by atoms with Crippen LogP contribution < -0.4 is 15.5 Å². The molecule has 2 amide bonds. The van der Waals surface area contributed by atoms with Gasteiger partial charge in [-0.15, -0.1) is 0 Å². The Morgan fingerprint density at radius 2 is 1.63 bits per heavy atom. The molecule has 0 saturated carbocycles. The summed E-state index contributed by atoms with van der Waals surface area (Å²) >= 11 is 0. The van der Waals surface area contributed by atoms with E-state index >= 15 is 0 Å². The molecule has 1 aromatic heterocycles. The van der Waals surface area contributed by atoms with E-state index in [0.717, 1.165) is 6.42 Å². The zero-order chi connectivity index (χ0) is 48.8. The van der Waals surface area contributed by atoms with Gasteiger partial charge in [0.25, 0.3) is 0 Å². The third kappa shape index (κ3) is 12.3. The number of cyclic esters (lactones) is 1. The number of aliphatic hydroxyl groups excluding tert-OH is 2. The van der Waals surface area contributed by atoms with Crippen molar-refractivity contribution in [2.24, 2.45) is 17.8 Å². The lowest BCUT2D eigenvalue weighted by atomic mass is 9.75. The predicted molar refractivity (Wildman–Crippen MR) is 242 cm³/mol. The molecule has 19 heteroatoms. The molecule has 0 unspecified atom stereocenters. The lowest BCUT2D eigenvalue weighted by molar-refractivity contribution is -0.336. The van der Waals surface area contributed by atoms with Gasteiger partial charge >= 0.3 is 12.0 Å². The zero-order valence-electron chi connectivity index (χ0n) is 41.3. The van der Waals surface area contributed by atoms with Gasteiger partial charge in [0.15, 0.2) is 12.6 Å². The minimum atomic E-state index is -1.86. The first kappa shape index (κ1) is 54.9. The van der Waals surface area contributed by atoms with Crippen LogP contribution in [0.25, 0.3) is 0 Å². The number of rotatable bonds is 12. The smallest absolute Gasteiger partial charge is 0.324 e. The van der Waals surface area contributed by atoms with Gasteiger partial charge in [0, 0.05) is 46.1 Å². The van der Waals surface area contributed by atoms with Crippen LogP contribution in [0.1, 0.15) is 108 Å². The Kier molecular flexibility index (Phi) is 19.1. The van der Waals surface area contributed by atoms with Crippen LogP contribution in [-0.2, 0) is 33.2 Å². The van der Waals surface area contributed by atoms with E-state index in [9.17, 15) is 35.1 Å². The third-order valence-corrected chi connectivity index (χ3v) is 14.4. The molecule has 18 atom stereocenters. The molecular formula is C46H82N6O13. The number of hydrogen-bond acceptors (Lipinski definition) is 17. The van der Waals surface area contributed by atoms with Crippen molar-refractivity contribution in [2.45, 2.75) is 198 Å². The Hall–Kier alpha value is -2.66. The number of ether oxygens (including phenoxy) is 6. The molecule has 1 aromatic rings. The SMILES string of the molecule is CCCNC[C@]1(O)[C@H](C)O[C@@H](O[C@H]2[C@H](C)[C@@H](O[C@@H]3O[C@H](C)C[C@H](N(C)C(=O)N(C)c4cncnc4)[C@H]3O)[C@](C)(O)C[C@@H](C)CN[C@H](C)[C@@H](O)[C@](C)(O)[C@@H](CC)OC(=O)[C@@H]2C)C[C@@]1(C)OC. The Balaban J connectivity index is 1.80. The van der Waals surface area contributed by atoms with E-state index in [-0.39, 0.29) is 38.1 Å². The van der Waals surface area contributed by atoms with Gasteiger partial charge < -0.3 is 69.5 Å². The monoisotopic (exact) mass is 927 g/mol. The van der Waals surface area contributed by atoms with Gasteiger partial charge in [0.05, 0.1) is 60.1 Å². The molecule has 3 fully saturated rings. The molecule has 0 aromatic carbocycles. The number of methoxy groups -OCH3 is 1. The van der Waals surface area contributed by atoms with Crippen molar-refractivity contribution in [3.8, 4) is 0 Å². The second kappa shape index (κ2) is 22.6. The second-order valence-electron chi connectivity index (χ2n) is 19.8. The van der Waals surface area contributed by atoms with Gasteiger partial charge in [-0.1, -0.05) is 27.7 Å². The van der Waals surface area contributed by atoms with Crippen LogP contribution in [0, 0.1) is 17.8 Å². The molecule has 19 nitrogen and oxygen atoms in total. The molecule has 3 aliphatic heterocycles. The van der Waals surface area contributed by atoms with Crippen molar-refractivity contribution in [3.05, 3.63) is 18.7 Å². The van der Waals surface area contributed by atoms with Crippen LogP contribution in [-0.4, -0.2) is 183 Å². The van der Waals surface area contributed by atoms with E-state index in [0.29, 0.717) is 18.8 Å². The molecule has 0 spiro atoms. The fourth-order valence-electron chi connectivity index (χ4n) is 10.0. The number of nitrogens with zero attached hydrogens (tertiary/aromatic N) is 4. The van der Waals surface area contributed by atoms with Crippen LogP contribution in [0.5, 0.6) is 0 Å². The highest BCUT2D eigenvalue weighted by molar-refractivity contribution is 5.91. The molecule has 4 rings (SSSR count). The predicted octanol–water partition coefficient (Wildman–Crippen LogP) is 2.34. The van der Waals surface area contributed by atoms with Crippen LogP contribution >= 0.6 is 0 Å². The first-order valence-electron chi connectivity index (χ1n) is 23.4. The van der Waals surface area contributed by atoms with E-state index < -0.39 is 114 Å². The van der Waals surface area contributed by atoms with Gasteiger partial charge in [0.2, 0.25) is 0 Å². The summed E-state index contributed by atoms with van der Waals surface area (Å²) < 4.78 is 38.6. The molecule has 4 heterocycles. The largest absolute Gasteiger partial charge is 0.459 e. The maximum atomic E-state index is 14.5. The molecule has 3 aliphatic rings. The first-order valence-corrected chi connectivity index (χ1v) is 23.4. The molecule has 7 N–H and O–H groups in total. The lowest BCUT2D eigenvalue weighted by Crippen LogP contribution is -2.70. The van der Waals surface area contributed by atoms with Gasteiger partial charge in [-0.25, -0.2) is 14.8 Å². The third-order valence-electron chi connectivity index (χ3n) is 14.4. The number of nitrogens with one attached hydrogen (secondary N) is 2. The van der Waals surface area contributed by atoms with Crippen molar-refractivity contribution in [1.82, 2.24) is 25.5 Å². The number of carbonyl (C=O) groups excluding carboxylic acids is 2. The number of esters is 1. The topological polar surface area (TPSA) is 247 Å². The van der Waals surface area contributed by atoms with Crippen molar-refractivity contribution in [3.63, 3.8) is 0 Å². The van der Waals surface area contributed by atoms with E-state index in [1.165, 1.54) is 42.6 Å². The summed E-state index contributed by atoms with van der Waals surface area (Å²) in [7, 11) is 4.68. The molecule has 3 saturated heterocycles. The van der Waals surface area contributed by atoms with Crippen LogP contribution in [0.3, 0.4) is 0 Å². The Morgan fingerprint density at radius 3 is 2.23 bits per heavy atom. The van der Waals surface area contributed by atoms with E-state index in [1.807, 2.05) is 13.8 Å². The standard InChI is InChI=1S/C46H82N6O13/c1-15-17-47-24-46(59)31(8)62-35(20-44(46,10)60-14)64-37-28(5)39(65-41-36(53)33(18-27(4)61-41)52(13)42(56)51(12)32-22-48-25-49-23-32)43(9,57)19-26(3)21-50-30(7)38(54)45(11,58)34(16-2)63-40(55)29(37)6/h22-23,25-31,33-39,41,47,50,53-54,57-59H,15-21,24H2,1-14H3/t26-,27-,28+,29-,30-,31+,33+,34-,35+,36-,37+,38-,39-,41+,43-,44-,45-,46+/m1/s1. The first-order chi connectivity index (χ1) is 30.3. The average molecular weight is 927 g/mol. The van der Waals surface area contributed by atoms with Gasteiger partial charge in [0.1, 0.15) is 41.4 Å². The number of amides is 2. The summed E-state index contributed by atoms with van der Waals surface area (Å²) in [5, 5.41) is 66.8. The summed E-state index contributed by atoms with van der Waals surface area (Å²) in [5.74, 6) is -3.01. The highest BCUT2D eigenvalue weighted by Gasteiger charge is 2.58. The molecule has 374 valence electrons. The summed E-state index contributed by atoms with van der Waals surface area (Å²) in [6, 6.07) is -1.88. The average Bonchev–Trinajstić information content (AvgIpc) is 3.26. The summed E-state index contributed by atoms with van der Waals surface area (Å²) in [4.78, 5) is 39.2. The summed E-state index contributed by atoms with van der Waals surface area (Å²) in [6.45, 7) is 20.3. The maximum Gasteiger partial charge on any atom is 0.324 e.